The Balaban J connectivity index is 1.47. The van der Waals surface area contributed by atoms with Gasteiger partial charge in [-0.3, -0.25) is 4.79 Å². The van der Waals surface area contributed by atoms with Crippen molar-refractivity contribution in [3.63, 3.8) is 0 Å². The predicted molar refractivity (Wildman–Crippen MR) is 104 cm³/mol. The van der Waals surface area contributed by atoms with Crippen molar-refractivity contribution in [2.75, 3.05) is 18.0 Å². The van der Waals surface area contributed by atoms with E-state index in [1.54, 1.807) is 12.1 Å². The maximum absolute atomic E-state index is 11.3. The van der Waals surface area contributed by atoms with Gasteiger partial charge in [-0.1, -0.05) is 18.2 Å². The summed E-state index contributed by atoms with van der Waals surface area (Å²) in [5.41, 5.74) is 5.57. The summed E-state index contributed by atoms with van der Waals surface area (Å²) < 4.78 is 17.3. The van der Waals surface area contributed by atoms with Crippen molar-refractivity contribution in [1.82, 2.24) is 4.98 Å². The molecule has 0 bridgehead atoms. The van der Waals surface area contributed by atoms with Crippen LogP contribution in [-0.4, -0.2) is 24.0 Å². The number of hydrogen-bond donors (Lipinski definition) is 1. The van der Waals surface area contributed by atoms with E-state index in [4.69, 9.17) is 19.3 Å². The fraction of sp³-hybridized carbons (Fsp3) is 0.286. The molecule has 4 rings (SSSR count). The van der Waals surface area contributed by atoms with Crippen LogP contribution in [0.2, 0.25) is 0 Å². The van der Waals surface area contributed by atoms with Gasteiger partial charge in [0.15, 0.2) is 5.76 Å². The number of piperidine rings is 1. The van der Waals surface area contributed by atoms with Crippen molar-refractivity contribution in [3.05, 3.63) is 53.9 Å². The molecule has 8 nitrogen and oxygen atoms in total. The number of carbonyl (C=O) groups is 1. The van der Waals surface area contributed by atoms with Gasteiger partial charge in [0.2, 0.25) is 17.5 Å². The fourth-order valence-corrected chi connectivity index (χ4v) is 3.31. The first-order valence-corrected chi connectivity index (χ1v) is 9.36. The Morgan fingerprint density at radius 1 is 1.21 bits per heavy atom. The molecule has 8 heteroatoms. The molecule has 148 valence electrons. The van der Waals surface area contributed by atoms with E-state index in [-0.39, 0.29) is 30.0 Å². The highest BCUT2D eigenvalue weighted by Gasteiger charge is 2.28. The summed E-state index contributed by atoms with van der Waals surface area (Å²) in [5.74, 6) is 1.98. The van der Waals surface area contributed by atoms with E-state index in [0.717, 1.165) is 5.75 Å². The zero-order chi connectivity index (χ0) is 20.2. The molecule has 0 aliphatic carbocycles. The summed E-state index contributed by atoms with van der Waals surface area (Å²) >= 11 is 0. The van der Waals surface area contributed by atoms with Gasteiger partial charge in [0, 0.05) is 19.0 Å². The number of nitrogens with two attached hydrogens (primary N) is 1. The van der Waals surface area contributed by atoms with Gasteiger partial charge < -0.3 is 24.2 Å². The third kappa shape index (κ3) is 4.09. The lowest BCUT2D eigenvalue weighted by molar-refractivity contribution is -0.122. The first-order chi connectivity index (χ1) is 14.1. The SMILES string of the molecule is N#Cc1nc(-c2ccc(COc3ccccc3)o2)oc1N1CCC(C(N)=O)CC1. The monoisotopic (exact) mass is 392 g/mol. The topological polar surface area (TPSA) is 119 Å². The average molecular weight is 392 g/mol. The van der Waals surface area contributed by atoms with Gasteiger partial charge in [-0.2, -0.15) is 10.2 Å². The number of para-hydroxylation sites is 1. The van der Waals surface area contributed by atoms with Gasteiger partial charge in [-0.15, -0.1) is 0 Å². The van der Waals surface area contributed by atoms with E-state index in [0.29, 0.717) is 43.3 Å². The van der Waals surface area contributed by atoms with Crippen LogP contribution in [0.15, 0.2) is 51.3 Å². The molecule has 1 saturated heterocycles. The highest BCUT2D eigenvalue weighted by Crippen LogP contribution is 2.32. The smallest absolute Gasteiger partial charge is 0.266 e. The van der Waals surface area contributed by atoms with E-state index in [1.807, 2.05) is 35.2 Å². The second-order valence-corrected chi connectivity index (χ2v) is 6.82. The number of amides is 1. The molecule has 0 atom stereocenters. The number of nitrogens with zero attached hydrogens (tertiary/aromatic N) is 3. The quantitative estimate of drug-likeness (QED) is 0.684. The molecule has 0 spiro atoms. The molecule has 3 heterocycles. The fourth-order valence-electron chi connectivity index (χ4n) is 3.31. The number of anilines is 1. The predicted octanol–water partition coefficient (Wildman–Crippen LogP) is 3.09. The molecule has 1 aliphatic rings. The van der Waals surface area contributed by atoms with Crippen LogP contribution >= 0.6 is 0 Å². The first kappa shape index (κ1) is 18.6. The van der Waals surface area contributed by atoms with E-state index < -0.39 is 0 Å². The molecule has 2 N–H and O–H groups in total. The normalized spacial score (nSPS) is 14.5. The van der Waals surface area contributed by atoms with Crippen molar-refractivity contribution in [3.8, 4) is 23.5 Å². The molecular formula is C21H20N4O4. The third-order valence-electron chi connectivity index (χ3n) is 4.90. The maximum atomic E-state index is 11.3. The Kier molecular flexibility index (Phi) is 5.20. The van der Waals surface area contributed by atoms with Gasteiger partial charge in [0.25, 0.3) is 5.89 Å². The van der Waals surface area contributed by atoms with Crippen molar-refractivity contribution in [2.24, 2.45) is 11.7 Å². The number of ether oxygens (including phenoxy) is 1. The minimum atomic E-state index is -0.288. The number of oxazole rings is 1. The number of carbonyl (C=O) groups excluding carboxylic acids is 1. The summed E-state index contributed by atoms with van der Waals surface area (Å²) in [5, 5.41) is 9.44. The number of nitriles is 1. The van der Waals surface area contributed by atoms with Crippen molar-refractivity contribution < 1.29 is 18.4 Å². The van der Waals surface area contributed by atoms with Gasteiger partial charge in [0.05, 0.1) is 0 Å². The van der Waals surface area contributed by atoms with Crippen molar-refractivity contribution >= 4 is 11.8 Å². The lowest BCUT2D eigenvalue weighted by Crippen LogP contribution is -2.38. The number of rotatable bonds is 6. The summed E-state index contributed by atoms with van der Waals surface area (Å²) in [7, 11) is 0. The van der Waals surface area contributed by atoms with Crippen molar-refractivity contribution in [2.45, 2.75) is 19.4 Å². The minimum Gasteiger partial charge on any atom is -0.486 e. The molecule has 1 amide bonds. The highest BCUT2D eigenvalue weighted by atomic mass is 16.5. The van der Waals surface area contributed by atoms with Crippen LogP contribution < -0.4 is 15.4 Å². The Bertz CT molecular complexity index is 1030. The Labute approximate surface area is 167 Å². The van der Waals surface area contributed by atoms with Gasteiger partial charge in [0.1, 0.15) is 24.2 Å². The zero-order valence-corrected chi connectivity index (χ0v) is 15.7. The van der Waals surface area contributed by atoms with Crippen LogP contribution in [0.4, 0.5) is 5.88 Å². The molecule has 0 radical (unpaired) electrons. The molecule has 1 aliphatic heterocycles. The van der Waals surface area contributed by atoms with Crippen LogP contribution in [0.5, 0.6) is 5.75 Å². The molecule has 0 unspecified atom stereocenters. The van der Waals surface area contributed by atoms with Crippen molar-refractivity contribution in [1.29, 1.82) is 5.26 Å². The van der Waals surface area contributed by atoms with E-state index in [2.05, 4.69) is 11.1 Å². The second-order valence-electron chi connectivity index (χ2n) is 6.82. The summed E-state index contributed by atoms with van der Waals surface area (Å²) in [6.45, 7) is 1.42. The van der Waals surface area contributed by atoms with Gasteiger partial charge in [-0.05, 0) is 37.1 Å². The van der Waals surface area contributed by atoms with Gasteiger partial charge >= 0.3 is 0 Å². The Hall–Kier alpha value is -3.73. The van der Waals surface area contributed by atoms with E-state index >= 15 is 0 Å². The van der Waals surface area contributed by atoms with Crippen LogP contribution in [0.3, 0.4) is 0 Å². The summed E-state index contributed by atoms with van der Waals surface area (Å²) in [4.78, 5) is 17.5. The molecule has 1 aromatic carbocycles. The number of primary amides is 1. The van der Waals surface area contributed by atoms with Crippen LogP contribution in [0.25, 0.3) is 11.7 Å². The second kappa shape index (κ2) is 8.10. The van der Waals surface area contributed by atoms with E-state index in [9.17, 15) is 10.1 Å². The highest BCUT2D eigenvalue weighted by molar-refractivity contribution is 5.77. The largest absolute Gasteiger partial charge is 0.486 e. The lowest BCUT2D eigenvalue weighted by Gasteiger charge is -2.30. The Morgan fingerprint density at radius 3 is 2.66 bits per heavy atom. The number of benzene rings is 1. The number of hydrogen-bond acceptors (Lipinski definition) is 7. The van der Waals surface area contributed by atoms with E-state index in [1.165, 1.54) is 0 Å². The molecule has 1 fully saturated rings. The first-order valence-electron chi connectivity index (χ1n) is 9.36. The summed E-state index contributed by atoms with van der Waals surface area (Å²) in [6.07, 6.45) is 1.25. The number of furan rings is 1. The third-order valence-corrected chi connectivity index (χ3v) is 4.90. The summed E-state index contributed by atoms with van der Waals surface area (Å²) in [6, 6.07) is 15.0. The Morgan fingerprint density at radius 2 is 1.97 bits per heavy atom. The molecular weight excluding hydrogens is 372 g/mol. The maximum Gasteiger partial charge on any atom is 0.266 e. The average Bonchev–Trinajstić information content (AvgIpc) is 3.40. The standard InChI is InChI=1S/C21H20N4O4/c22-12-17-21(25-10-8-14(9-11-25)19(23)26)29-20(24-17)18-7-6-16(28-18)13-27-15-4-2-1-3-5-15/h1-7,14H,8-11,13H2,(H2,23,26). The molecule has 2 aromatic heterocycles. The lowest BCUT2D eigenvalue weighted by atomic mass is 9.96. The molecule has 3 aromatic rings. The number of aromatic nitrogens is 1. The van der Waals surface area contributed by atoms with Crippen LogP contribution in [0.1, 0.15) is 24.3 Å². The minimum absolute atomic E-state index is 0.142. The zero-order valence-electron chi connectivity index (χ0n) is 15.7. The van der Waals surface area contributed by atoms with Crippen LogP contribution in [-0.2, 0) is 11.4 Å². The molecule has 0 saturated carbocycles. The van der Waals surface area contributed by atoms with Gasteiger partial charge in [-0.25, -0.2) is 0 Å². The molecule has 29 heavy (non-hydrogen) atoms. The van der Waals surface area contributed by atoms with Crippen LogP contribution in [0, 0.1) is 17.2 Å².